The molecule has 0 saturated heterocycles. The third-order valence-corrected chi connectivity index (χ3v) is 2.61. The SMILES string of the molecule is Oc1ccccc1/C=C/c1cccc(C(F)(F)F)c1. The van der Waals surface area contributed by atoms with Crippen molar-refractivity contribution in [2.24, 2.45) is 0 Å². The Morgan fingerprint density at radius 1 is 0.895 bits per heavy atom. The van der Waals surface area contributed by atoms with Crippen LogP contribution in [0.3, 0.4) is 0 Å². The van der Waals surface area contributed by atoms with Gasteiger partial charge in [0.1, 0.15) is 5.75 Å². The highest BCUT2D eigenvalue weighted by Gasteiger charge is 2.30. The van der Waals surface area contributed by atoms with Crippen molar-refractivity contribution in [2.45, 2.75) is 6.18 Å². The largest absolute Gasteiger partial charge is 0.507 e. The number of hydrogen-bond acceptors (Lipinski definition) is 1. The van der Waals surface area contributed by atoms with Crippen LogP contribution in [0, 0.1) is 0 Å². The molecule has 0 heterocycles. The molecule has 1 N–H and O–H groups in total. The molecule has 0 aromatic heterocycles. The molecule has 2 aromatic rings. The number of alkyl halides is 3. The maximum absolute atomic E-state index is 12.5. The smallest absolute Gasteiger partial charge is 0.416 e. The van der Waals surface area contributed by atoms with Crippen LogP contribution in [-0.4, -0.2) is 5.11 Å². The van der Waals surface area contributed by atoms with E-state index in [2.05, 4.69) is 0 Å². The van der Waals surface area contributed by atoms with Crippen molar-refractivity contribution in [3.63, 3.8) is 0 Å². The van der Waals surface area contributed by atoms with Crippen LogP contribution in [-0.2, 0) is 6.18 Å². The van der Waals surface area contributed by atoms with E-state index in [0.29, 0.717) is 11.1 Å². The summed E-state index contributed by atoms with van der Waals surface area (Å²) in [6.07, 6.45) is -1.24. The number of phenols is 1. The minimum atomic E-state index is -4.35. The van der Waals surface area contributed by atoms with E-state index in [0.717, 1.165) is 12.1 Å². The quantitative estimate of drug-likeness (QED) is 0.787. The molecule has 0 aliphatic heterocycles. The first-order valence-corrected chi connectivity index (χ1v) is 5.60. The molecule has 0 fully saturated rings. The van der Waals surface area contributed by atoms with Crippen LogP contribution in [0.4, 0.5) is 13.2 Å². The molecular weight excluding hydrogens is 253 g/mol. The molecule has 1 nitrogen and oxygen atoms in total. The van der Waals surface area contributed by atoms with Gasteiger partial charge in [0, 0.05) is 5.56 Å². The van der Waals surface area contributed by atoms with Crippen molar-refractivity contribution in [2.75, 3.05) is 0 Å². The van der Waals surface area contributed by atoms with Gasteiger partial charge >= 0.3 is 6.18 Å². The lowest BCUT2D eigenvalue weighted by molar-refractivity contribution is -0.137. The van der Waals surface area contributed by atoms with Crippen molar-refractivity contribution in [1.82, 2.24) is 0 Å². The lowest BCUT2D eigenvalue weighted by atomic mass is 10.1. The van der Waals surface area contributed by atoms with Crippen molar-refractivity contribution in [1.29, 1.82) is 0 Å². The first-order valence-electron chi connectivity index (χ1n) is 5.60. The van der Waals surface area contributed by atoms with E-state index >= 15 is 0 Å². The zero-order chi connectivity index (χ0) is 13.9. The molecule has 4 heteroatoms. The van der Waals surface area contributed by atoms with Crippen LogP contribution in [0.25, 0.3) is 12.2 Å². The lowest BCUT2D eigenvalue weighted by Gasteiger charge is -2.06. The summed E-state index contributed by atoms with van der Waals surface area (Å²) in [5.41, 5.74) is 0.296. The Hall–Kier alpha value is -2.23. The third-order valence-electron chi connectivity index (χ3n) is 2.61. The van der Waals surface area contributed by atoms with Gasteiger partial charge in [-0.05, 0) is 23.8 Å². The molecule has 0 saturated carbocycles. The highest BCUT2D eigenvalue weighted by Crippen LogP contribution is 2.30. The predicted octanol–water partition coefficient (Wildman–Crippen LogP) is 4.58. The summed E-state index contributed by atoms with van der Waals surface area (Å²) in [6, 6.07) is 11.6. The van der Waals surface area contributed by atoms with Gasteiger partial charge in [0.25, 0.3) is 0 Å². The summed E-state index contributed by atoms with van der Waals surface area (Å²) in [5.74, 6) is 0.0886. The van der Waals surface area contributed by atoms with E-state index in [9.17, 15) is 18.3 Å². The van der Waals surface area contributed by atoms with E-state index in [1.54, 1.807) is 30.3 Å². The minimum Gasteiger partial charge on any atom is -0.507 e. The van der Waals surface area contributed by atoms with Crippen molar-refractivity contribution in [3.8, 4) is 5.75 Å². The second kappa shape index (κ2) is 5.18. The van der Waals surface area contributed by atoms with Crippen LogP contribution in [0.15, 0.2) is 48.5 Å². The average Bonchev–Trinajstić information content (AvgIpc) is 2.37. The van der Waals surface area contributed by atoms with Gasteiger partial charge < -0.3 is 5.11 Å². The Morgan fingerprint density at radius 2 is 1.63 bits per heavy atom. The highest BCUT2D eigenvalue weighted by molar-refractivity contribution is 5.72. The van der Waals surface area contributed by atoms with Crippen LogP contribution < -0.4 is 0 Å². The molecule has 0 amide bonds. The summed E-state index contributed by atoms with van der Waals surface area (Å²) in [6.45, 7) is 0. The molecule has 0 unspecified atom stereocenters. The first-order chi connectivity index (χ1) is 8.97. The molecule has 0 aliphatic rings. The molecule has 19 heavy (non-hydrogen) atoms. The molecule has 98 valence electrons. The molecule has 2 rings (SSSR count). The molecule has 0 spiro atoms. The van der Waals surface area contributed by atoms with Gasteiger partial charge in [-0.3, -0.25) is 0 Å². The third kappa shape index (κ3) is 3.37. The number of hydrogen-bond donors (Lipinski definition) is 1. The number of para-hydroxylation sites is 1. The standard InChI is InChI=1S/C15H11F3O/c16-15(17,18)13-6-3-4-11(10-13)8-9-12-5-1-2-7-14(12)19/h1-10,19H/b9-8+. The van der Waals surface area contributed by atoms with Gasteiger partial charge in [0.15, 0.2) is 0 Å². The lowest BCUT2D eigenvalue weighted by Crippen LogP contribution is -2.04. The van der Waals surface area contributed by atoms with E-state index in [1.807, 2.05) is 0 Å². The van der Waals surface area contributed by atoms with Crippen LogP contribution in [0.5, 0.6) is 5.75 Å². The maximum Gasteiger partial charge on any atom is 0.416 e. The van der Waals surface area contributed by atoms with Crippen molar-refractivity contribution >= 4 is 12.2 Å². The average molecular weight is 264 g/mol. The van der Waals surface area contributed by atoms with Gasteiger partial charge in [0.2, 0.25) is 0 Å². The Kier molecular flexibility index (Phi) is 3.60. The predicted molar refractivity (Wildman–Crippen MR) is 68.5 cm³/mol. The monoisotopic (exact) mass is 264 g/mol. The van der Waals surface area contributed by atoms with E-state index in [-0.39, 0.29) is 5.75 Å². The van der Waals surface area contributed by atoms with Gasteiger partial charge in [-0.2, -0.15) is 13.2 Å². The van der Waals surface area contributed by atoms with E-state index in [4.69, 9.17) is 0 Å². The normalized spacial score (nSPS) is 11.9. The molecular formula is C15H11F3O. The van der Waals surface area contributed by atoms with Gasteiger partial charge in [-0.25, -0.2) is 0 Å². The van der Waals surface area contributed by atoms with Gasteiger partial charge in [-0.1, -0.05) is 42.5 Å². The summed E-state index contributed by atoms with van der Waals surface area (Å²) >= 11 is 0. The number of rotatable bonds is 2. The van der Waals surface area contributed by atoms with Crippen molar-refractivity contribution in [3.05, 3.63) is 65.2 Å². The second-order valence-electron chi connectivity index (χ2n) is 4.02. The Morgan fingerprint density at radius 3 is 2.32 bits per heavy atom. The van der Waals surface area contributed by atoms with Gasteiger partial charge in [0.05, 0.1) is 5.56 Å². The van der Waals surface area contributed by atoms with Crippen LogP contribution in [0.2, 0.25) is 0 Å². The molecule has 0 atom stereocenters. The van der Waals surface area contributed by atoms with Gasteiger partial charge in [-0.15, -0.1) is 0 Å². The number of aromatic hydroxyl groups is 1. The first kappa shape index (κ1) is 13.2. The van der Waals surface area contributed by atoms with E-state index in [1.165, 1.54) is 18.2 Å². The van der Waals surface area contributed by atoms with E-state index < -0.39 is 11.7 Å². The summed E-state index contributed by atoms with van der Waals surface area (Å²) < 4.78 is 37.6. The summed E-state index contributed by atoms with van der Waals surface area (Å²) in [5, 5.41) is 9.54. The van der Waals surface area contributed by atoms with Crippen LogP contribution >= 0.6 is 0 Å². The molecule has 0 aliphatic carbocycles. The molecule has 2 aromatic carbocycles. The van der Waals surface area contributed by atoms with Crippen molar-refractivity contribution < 1.29 is 18.3 Å². The summed E-state index contributed by atoms with van der Waals surface area (Å²) in [4.78, 5) is 0. The fraction of sp³-hybridized carbons (Fsp3) is 0.0667. The zero-order valence-electron chi connectivity index (χ0n) is 9.85. The minimum absolute atomic E-state index is 0.0886. The molecule has 0 radical (unpaired) electrons. The fourth-order valence-corrected chi connectivity index (χ4v) is 1.63. The molecule has 0 bridgehead atoms. The number of halogens is 3. The second-order valence-corrected chi connectivity index (χ2v) is 4.02. The number of phenolic OH excluding ortho intramolecular Hbond substituents is 1. The summed E-state index contributed by atoms with van der Waals surface area (Å²) in [7, 11) is 0. The Bertz CT molecular complexity index is 600. The highest BCUT2D eigenvalue weighted by atomic mass is 19.4. The zero-order valence-corrected chi connectivity index (χ0v) is 9.85. The number of benzene rings is 2. The van der Waals surface area contributed by atoms with Crippen LogP contribution in [0.1, 0.15) is 16.7 Å². The Labute approximate surface area is 108 Å². The topological polar surface area (TPSA) is 20.2 Å². The Balaban J connectivity index is 2.27. The maximum atomic E-state index is 12.5. The fourth-order valence-electron chi connectivity index (χ4n) is 1.63.